The molecule has 94 valence electrons. The summed E-state index contributed by atoms with van der Waals surface area (Å²) in [6.07, 6.45) is 5.33. The number of benzene rings is 1. The number of ether oxygens (including phenoxy) is 1. The Bertz CT molecular complexity index is 472. The van der Waals surface area contributed by atoms with Crippen LogP contribution in [0.2, 0.25) is 0 Å². The van der Waals surface area contributed by atoms with Gasteiger partial charge in [0, 0.05) is 12.1 Å². The van der Waals surface area contributed by atoms with Crippen molar-refractivity contribution in [3.63, 3.8) is 0 Å². The Morgan fingerprint density at radius 3 is 2.44 bits per heavy atom. The van der Waals surface area contributed by atoms with E-state index in [-0.39, 0.29) is 0 Å². The van der Waals surface area contributed by atoms with Crippen LogP contribution >= 0.6 is 0 Å². The van der Waals surface area contributed by atoms with Crippen LogP contribution in [-0.4, -0.2) is 13.2 Å². The summed E-state index contributed by atoms with van der Waals surface area (Å²) in [5.74, 6) is 2.44. The zero-order valence-electron chi connectivity index (χ0n) is 10.6. The van der Waals surface area contributed by atoms with Crippen LogP contribution in [0.5, 0.6) is 5.75 Å². The third-order valence-electron chi connectivity index (χ3n) is 3.93. The van der Waals surface area contributed by atoms with Crippen LogP contribution in [-0.2, 0) is 0 Å². The monoisotopic (exact) mass is 242 g/mol. The Morgan fingerprint density at radius 1 is 1.28 bits per heavy atom. The number of nitriles is 1. The molecular formula is C15H18N2O. The van der Waals surface area contributed by atoms with Gasteiger partial charge in [-0.2, -0.15) is 5.26 Å². The lowest BCUT2D eigenvalue weighted by Gasteiger charge is -2.20. The molecule has 0 amide bonds. The molecule has 18 heavy (non-hydrogen) atoms. The number of anilines is 1. The molecule has 3 heteroatoms. The van der Waals surface area contributed by atoms with E-state index < -0.39 is 0 Å². The lowest BCUT2D eigenvalue weighted by atomic mass is 10.1. The fraction of sp³-hybridized carbons (Fsp3) is 0.533. The zero-order valence-corrected chi connectivity index (χ0v) is 10.6. The number of hydrogen-bond donors (Lipinski definition) is 1. The third kappa shape index (κ3) is 2.28. The molecule has 1 N–H and O–H groups in total. The van der Waals surface area contributed by atoms with Gasteiger partial charge in [-0.3, -0.25) is 0 Å². The second-order valence-electron chi connectivity index (χ2n) is 5.37. The van der Waals surface area contributed by atoms with Gasteiger partial charge < -0.3 is 10.1 Å². The van der Waals surface area contributed by atoms with Crippen molar-refractivity contribution in [3.8, 4) is 11.8 Å². The molecule has 2 fully saturated rings. The minimum Gasteiger partial charge on any atom is -0.497 e. The Balaban J connectivity index is 1.83. The maximum Gasteiger partial charge on any atom is 0.121 e. The average molecular weight is 242 g/mol. The van der Waals surface area contributed by atoms with Crippen LogP contribution in [0.25, 0.3) is 0 Å². The SMILES string of the molecule is COc1ccc(C#N)c(NC(C2CC2)C2CC2)c1. The van der Waals surface area contributed by atoms with Gasteiger partial charge in [0.1, 0.15) is 11.8 Å². The van der Waals surface area contributed by atoms with Crippen LogP contribution in [0.15, 0.2) is 18.2 Å². The first-order valence-corrected chi connectivity index (χ1v) is 6.66. The minimum absolute atomic E-state index is 0.559. The van der Waals surface area contributed by atoms with Gasteiger partial charge in [0.25, 0.3) is 0 Å². The van der Waals surface area contributed by atoms with Gasteiger partial charge >= 0.3 is 0 Å². The van der Waals surface area contributed by atoms with Gasteiger partial charge in [0.2, 0.25) is 0 Å². The molecule has 0 atom stereocenters. The smallest absolute Gasteiger partial charge is 0.121 e. The first kappa shape index (κ1) is 11.4. The van der Waals surface area contributed by atoms with E-state index >= 15 is 0 Å². The second-order valence-corrected chi connectivity index (χ2v) is 5.37. The molecule has 1 aromatic carbocycles. The summed E-state index contributed by atoms with van der Waals surface area (Å²) in [6, 6.07) is 8.42. The summed E-state index contributed by atoms with van der Waals surface area (Å²) in [5.41, 5.74) is 1.64. The maximum absolute atomic E-state index is 9.17. The highest BCUT2D eigenvalue weighted by atomic mass is 16.5. The van der Waals surface area contributed by atoms with E-state index in [4.69, 9.17) is 4.74 Å². The zero-order chi connectivity index (χ0) is 12.5. The summed E-state index contributed by atoms with van der Waals surface area (Å²) in [6.45, 7) is 0. The summed E-state index contributed by atoms with van der Waals surface area (Å²) in [4.78, 5) is 0. The van der Waals surface area contributed by atoms with Crippen LogP contribution in [0, 0.1) is 23.2 Å². The molecule has 0 aliphatic heterocycles. The summed E-state index contributed by atoms with van der Waals surface area (Å²) in [5, 5.41) is 12.8. The highest BCUT2D eigenvalue weighted by Crippen LogP contribution is 2.46. The van der Waals surface area contributed by atoms with Gasteiger partial charge in [-0.1, -0.05) is 0 Å². The van der Waals surface area contributed by atoms with Crippen molar-refractivity contribution in [3.05, 3.63) is 23.8 Å². The predicted molar refractivity (Wildman–Crippen MR) is 70.6 cm³/mol. The van der Waals surface area contributed by atoms with Gasteiger partial charge in [0.05, 0.1) is 18.4 Å². The van der Waals surface area contributed by atoms with E-state index in [0.717, 1.165) is 23.3 Å². The second kappa shape index (κ2) is 4.53. The molecular weight excluding hydrogens is 224 g/mol. The first-order valence-electron chi connectivity index (χ1n) is 6.66. The molecule has 0 radical (unpaired) electrons. The van der Waals surface area contributed by atoms with Crippen molar-refractivity contribution in [2.45, 2.75) is 31.7 Å². The minimum atomic E-state index is 0.559. The van der Waals surface area contributed by atoms with Crippen molar-refractivity contribution < 1.29 is 4.74 Å². The molecule has 3 nitrogen and oxygen atoms in total. The van der Waals surface area contributed by atoms with Crippen LogP contribution in [0.3, 0.4) is 0 Å². The van der Waals surface area contributed by atoms with Crippen LogP contribution < -0.4 is 10.1 Å². The highest BCUT2D eigenvalue weighted by molar-refractivity contribution is 5.61. The molecule has 2 aliphatic rings. The van der Waals surface area contributed by atoms with E-state index in [0.29, 0.717) is 11.6 Å². The maximum atomic E-state index is 9.17. The molecule has 0 unspecified atom stereocenters. The fourth-order valence-electron chi connectivity index (χ4n) is 2.58. The molecule has 2 saturated carbocycles. The van der Waals surface area contributed by atoms with Crippen molar-refractivity contribution in [2.24, 2.45) is 11.8 Å². The topological polar surface area (TPSA) is 45.0 Å². The standard InChI is InChI=1S/C15H18N2O/c1-18-13-7-6-12(9-16)14(8-13)17-15(10-2-3-10)11-4-5-11/h6-8,10-11,15,17H,2-5H2,1H3. The van der Waals surface area contributed by atoms with Crippen LogP contribution in [0.4, 0.5) is 5.69 Å². The average Bonchev–Trinajstić information content (AvgIpc) is 3.29. The Kier molecular flexibility index (Phi) is 2.87. The number of nitrogens with one attached hydrogen (secondary N) is 1. The largest absolute Gasteiger partial charge is 0.497 e. The van der Waals surface area contributed by atoms with Gasteiger partial charge in [0.15, 0.2) is 0 Å². The van der Waals surface area contributed by atoms with E-state index in [9.17, 15) is 5.26 Å². The summed E-state index contributed by atoms with van der Waals surface area (Å²) >= 11 is 0. The van der Waals surface area contributed by atoms with E-state index in [1.165, 1.54) is 25.7 Å². The Labute approximate surface area is 108 Å². The van der Waals surface area contributed by atoms with E-state index in [1.54, 1.807) is 7.11 Å². The molecule has 0 heterocycles. The normalized spacial score (nSPS) is 18.5. The van der Waals surface area contributed by atoms with Crippen molar-refractivity contribution in [2.75, 3.05) is 12.4 Å². The molecule has 2 aliphatic carbocycles. The molecule has 1 aromatic rings. The highest BCUT2D eigenvalue weighted by Gasteiger charge is 2.41. The van der Waals surface area contributed by atoms with E-state index in [1.807, 2.05) is 18.2 Å². The quantitative estimate of drug-likeness (QED) is 0.862. The number of hydrogen-bond acceptors (Lipinski definition) is 3. The number of methoxy groups -OCH3 is 1. The van der Waals surface area contributed by atoms with Gasteiger partial charge in [-0.25, -0.2) is 0 Å². The molecule has 3 rings (SSSR count). The summed E-state index contributed by atoms with van der Waals surface area (Å²) in [7, 11) is 1.66. The van der Waals surface area contributed by atoms with Crippen LogP contribution in [0.1, 0.15) is 31.2 Å². The van der Waals surface area contributed by atoms with Crippen molar-refractivity contribution >= 4 is 5.69 Å². The Morgan fingerprint density at radius 2 is 1.94 bits per heavy atom. The molecule has 0 aromatic heterocycles. The number of nitrogens with zero attached hydrogens (tertiary/aromatic N) is 1. The predicted octanol–water partition coefficient (Wildman–Crippen LogP) is 3.17. The molecule has 0 spiro atoms. The van der Waals surface area contributed by atoms with Gasteiger partial charge in [-0.15, -0.1) is 0 Å². The Hall–Kier alpha value is -1.69. The third-order valence-corrected chi connectivity index (χ3v) is 3.93. The lowest BCUT2D eigenvalue weighted by molar-refractivity contribution is 0.415. The first-order chi connectivity index (χ1) is 8.81. The van der Waals surface area contributed by atoms with E-state index in [2.05, 4.69) is 11.4 Å². The number of rotatable bonds is 5. The van der Waals surface area contributed by atoms with Gasteiger partial charge in [-0.05, 0) is 49.7 Å². The molecule has 0 saturated heterocycles. The lowest BCUT2D eigenvalue weighted by Crippen LogP contribution is -2.24. The summed E-state index contributed by atoms with van der Waals surface area (Å²) < 4.78 is 5.24. The van der Waals surface area contributed by atoms with Crippen molar-refractivity contribution in [1.82, 2.24) is 0 Å². The van der Waals surface area contributed by atoms with Crippen molar-refractivity contribution in [1.29, 1.82) is 5.26 Å². The fourth-order valence-corrected chi connectivity index (χ4v) is 2.58. The molecule has 0 bridgehead atoms.